The second-order valence-corrected chi connectivity index (χ2v) is 11.2. The summed E-state index contributed by atoms with van der Waals surface area (Å²) in [6, 6.07) is 5.66. The Balaban J connectivity index is 1.18. The Hall–Kier alpha value is -4.25. The summed E-state index contributed by atoms with van der Waals surface area (Å²) in [4.78, 5) is 33.7. The molecular weight excluding hydrogens is 520 g/mol. The molecule has 0 aromatic carbocycles. The third-order valence-electron chi connectivity index (χ3n) is 7.05. The number of halogens is 1. The van der Waals surface area contributed by atoms with Crippen molar-refractivity contribution < 1.29 is 14.7 Å². The standard InChI is InChI=1S/C27H27ClN8O3/c1-27(2,26(38)39)9-17-7-18(16-3-4-16)11-35-12-20(31-24(17)35)13-36-14-22(32-33-36)25(37)29-10-21-23-8-19(28)5-6-34(23)15-30-21/h5-8,11-12,14-16H,3-4,9-10,13H2,1-2H3,(H,29,37)(H,38,39). The van der Waals surface area contributed by atoms with Gasteiger partial charge in [-0.15, -0.1) is 5.10 Å². The minimum atomic E-state index is -0.919. The van der Waals surface area contributed by atoms with Gasteiger partial charge in [0, 0.05) is 23.6 Å². The van der Waals surface area contributed by atoms with Crippen LogP contribution < -0.4 is 5.32 Å². The fraction of sp³-hybridized carbons (Fsp3) is 0.333. The van der Waals surface area contributed by atoms with E-state index in [2.05, 4.69) is 32.9 Å². The molecule has 0 spiro atoms. The zero-order chi connectivity index (χ0) is 27.3. The highest BCUT2D eigenvalue weighted by molar-refractivity contribution is 6.30. The second-order valence-electron chi connectivity index (χ2n) is 10.7. The summed E-state index contributed by atoms with van der Waals surface area (Å²) < 4.78 is 5.37. The maximum atomic E-state index is 12.7. The van der Waals surface area contributed by atoms with Gasteiger partial charge in [0.15, 0.2) is 5.69 Å². The predicted molar refractivity (Wildman–Crippen MR) is 143 cm³/mol. The van der Waals surface area contributed by atoms with Crippen molar-refractivity contribution in [2.24, 2.45) is 5.41 Å². The first kappa shape index (κ1) is 25.1. The predicted octanol–water partition coefficient (Wildman–Crippen LogP) is 3.74. The van der Waals surface area contributed by atoms with E-state index < -0.39 is 11.4 Å². The van der Waals surface area contributed by atoms with Crippen LogP contribution in [0.25, 0.3) is 11.2 Å². The zero-order valence-corrected chi connectivity index (χ0v) is 22.3. The van der Waals surface area contributed by atoms with Gasteiger partial charge >= 0.3 is 5.97 Å². The normalized spacial score (nSPS) is 13.8. The van der Waals surface area contributed by atoms with E-state index in [4.69, 9.17) is 16.6 Å². The molecule has 2 N–H and O–H groups in total. The summed E-state index contributed by atoms with van der Waals surface area (Å²) in [7, 11) is 0. The van der Waals surface area contributed by atoms with Crippen LogP contribution in [-0.2, 0) is 24.3 Å². The van der Waals surface area contributed by atoms with Gasteiger partial charge in [-0.1, -0.05) is 22.9 Å². The average molecular weight is 547 g/mol. The van der Waals surface area contributed by atoms with Crippen LogP contribution in [0.2, 0.25) is 5.02 Å². The number of aromatic nitrogens is 7. The highest BCUT2D eigenvalue weighted by atomic mass is 35.5. The number of pyridine rings is 2. The number of nitrogens with one attached hydrogen (secondary N) is 1. The Bertz CT molecular complexity index is 1730. The van der Waals surface area contributed by atoms with Gasteiger partial charge in [-0.2, -0.15) is 0 Å². The molecule has 0 radical (unpaired) electrons. The van der Waals surface area contributed by atoms with Crippen molar-refractivity contribution in [1.29, 1.82) is 0 Å². The summed E-state index contributed by atoms with van der Waals surface area (Å²) in [5.74, 6) is -0.699. The molecule has 200 valence electrons. The monoisotopic (exact) mass is 546 g/mol. The van der Waals surface area contributed by atoms with E-state index >= 15 is 0 Å². The molecule has 0 unspecified atom stereocenters. The number of hydrogen-bond donors (Lipinski definition) is 2. The zero-order valence-electron chi connectivity index (χ0n) is 21.5. The number of aliphatic carboxylic acids is 1. The summed E-state index contributed by atoms with van der Waals surface area (Å²) in [5.41, 5.74) is 4.34. The molecule has 1 aliphatic carbocycles. The number of carbonyl (C=O) groups is 2. The van der Waals surface area contributed by atoms with Crippen LogP contribution in [0.4, 0.5) is 0 Å². The SMILES string of the molecule is CC(C)(Cc1cc(C2CC2)cn2cc(Cn3cc(C(=O)NCc4ncn5ccc(Cl)cc45)nn3)nc12)C(=O)O. The Morgan fingerprint density at radius 2 is 2.00 bits per heavy atom. The van der Waals surface area contributed by atoms with Crippen LogP contribution >= 0.6 is 11.6 Å². The number of fused-ring (bicyclic) bond motifs is 2. The Morgan fingerprint density at radius 3 is 2.77 bits per heavy atom. The minimum Gasteiger partial charge on any atom is -0.481 e. The number of carbonyl (C=O) groups excluding carboxylic acids is 1. The molecule has 5 heterocycles. The van der Waals surface area contributed by atoms with E-state index in [0.29, 0.717) is 29.6 Å². The molecule has 0 saturated heterocycles. The molecule has 0 bridgehead atoms. The van der Waals surface area contributed by atoms with E-state index in [1.54, 1.807) is 43.2 Å². The lowest BCUT2D eigenvalue weighted by atomic mass is 9.86. The molecule has 1 fully saturated rings. The third-order valence-corrected chi connectivity index (χ3v) is 7.29. The van der Waals surface area contributed by atoms with Gasteiger partial charge in [0.1, 0.15) is 5.65 Å². The van der Waals surface area contributed by atoms with E-state index in [9.17, 15) is 14.7 Å². The summed E-state index contributed by atoms with van der Waals surface area (Å²) >= 11 is 6.10. The number of imidazole rings is 2. The number of carboxylic acid groups (broad SMARTS) is 1. The van der Waals surface area contributed by atoms with E-state index in [0.717, 1.165) is 35.3 Å². The number of amides is 1. The van der Waals surface area contributed by atoms with Gasteiger partial charge in [0.25, 0.3) is 5.91 Å². The Morgan fingerprint density at radius 1 is 1.18 bits per heavy atom. The Labute approximate surface area is 228 Å². The molecule has 5 aromatic rings. The lowest BCUT2D eigenvalue weighted by Gasteiger charge is -2.20. The first-order valence-electron chi connectivity index (χ1n) is 12.7. The van der Waals surface area contributed by atoms with Gasteiger partial charge in [0.05, 0.1) is 47.9 Å². The van der Waals surface area contributed by atoms with Crippen LogP contribution in [0.5, 0.6) is 0 Å². The lowest BCUT2D eigenvalue weighted by molar-refractivity contribution is -0.146. The maximum Gasteiger partial charge on any atom is 0.309 e. The van der Waals surface area contributed by atoms with Gasteiger partial charge in [0.2, 0.25) is 0 Å². The molecule has 0 atom stereocenters. The first-order chi connectivity index (χ1) is 18.7. The second kappa shape index (κ2) is 9.49. The van der Waals surface area contributed by atoms with Crippen LogP contribution in [0.1, 0.15) is 65.6 Å². The van der Waals surface area contributed by atoms with Crippen molar-refractivity contribution in [2.45, 2.75) is 52.1 Å². The van der Waals surface area contributed by atoms with Crippen LogP contribution in [-0.4, -0.2) is 50.7 Å². The maximum absolute atomic E-state index is 12.7. The van der Waals surface area contributed by atoms with Gasteiger partial charge in [-0.25, -0.2) is 14.6 Å². The number of carboxylic acids is 1. The highest BCUT2D eigenvalue weighted by Gasteiger charge is 2.31. The van der Waals surface area contributed by atoms with Crippen LogP contribution in [0.15, 0.2) is 49.3 Å². The van der Waals surface area contributed by atoms with Gasteiger partial charge in [-0.3, -0.25) is 9.59 Å². The lowest BCUT2D eigenvalue weighted by Crippen LogP contribution is -2.26. The first-order valence-corrected chi connectivity index (χ1v) is 13.1. The van der Waals surface area contributed by atoms with Crippen LogP contribution in [0, 0.1) is 5.41 Å². The number of hydrogen-bond acceptors (Lipinski definition) is 6. The smallest absolute Gasteiger partial charge is 0.309 e. The molecule has 39 heavy (non-hydrogen) atoms. The molecule has 1 aliphatic rings. The molecule has 11 nitrogen and oxygen atoms in total. The third kappa shape index (κ3) is 5.09. The summed E-state index contributed by atoms with van der Waals surface area (Å²) in [6.45, 7) is 3.98. The highest BCUT2D eigenvalue weighted by Crippen LogP contribution is 2.41. The average Bonchev–Trinajstić information content (AvgIpc) is 3.30. The van der Waals surface area contributed by atoms with Crippen molar-refractivity contribution >= 4 is 34.6 Å². The molecule has 0 aliphatic heterocycles. The van der Waals surface area contributed by atoms with E-state index in [1.807, 2.05) is 21.2 Å². The quantitative estimate of drug-likeness (QED) is 0.288. The van der Waals surface area contributed by atoms with Crippen molar-refractivity contribution in [2.75, 3.05) is 0 Å². The molecule has 1 saturated carbocycles. The molecule has 1 amide bonds. The minimum absolute atomic E-state index is 0.181. The number of nitrogens with zero attached hydrogens (tertiary/aromatic N) is 7. The Kier molecular flexibility index (Phi) is 6.10. The molecular formula is C27H27ClN8O3. The number of rotatable bonds is 9. The molecule has 12 heteroatoms. The van der Waals surface area contributed by atoms with Gasteiger partial charge < -0.3 is 19.2 Å². The molecule has 5 aromatic heterocycles. The van der Waals surface area contributed by atoms with Crippen molar-refractivity contribution in [3.63, 3.8) is 0 Å². The van der Waals surface area contributed by atoms with Crippen molar-refractivity contribution in [1.82, 2.24) is 39.1 Å². The summed E-state index contributed by atoms with van der Waals surface area (Å²) in [5, 5.41) is 21.2. The fourth-order valence-corrected chi connectivity index (χ4v) is 4.85. The topological polar surface area (TPSA) is 132 Å². The molecule has 6 rings (SSSR count). The van der Waals surface area contributed by atoms with E-state index in [-0.39, 0.29) is 18.1 Å². The van der Waals surface area contributed by atoms with Crippen molar-refractivity contribution in [3.05, 3.63) is 82.5 Å². The largest absolute Gasteiger partial charge is 0.481 e. The summed E-state index contributed by atoms with van der Waals surface area (Å²) in [6.07, 6.45) is 11.7. The fourth-order valence-electron chi connectivity index (χ4n) is 4.69. The van der Waals surface area contributed by atoms with Crippen molar-refractivity contribution in [3.8, 4) is 0 Å². The van der Waals surface area contributed by atoms with Crippen LogP contribution in [0.3, 0.4) is 0 Å². The van der Waals surface area contributed by atoms with Gasteiger partial charge in [-0.05, 0) is 62.3 Å². The van der Waals surface area contributed by atoms with E-state index in [1.165, 1.54) is 5.56 Å².